The van der Waals surface area contributed by atoms with Gasteiger partial charge in [-0.2, -0.15) is 10.2 Å². The van der Waals surface area contributed by atoms with Gasteiger partial charge in [0.15, 0.2) is 0 Å². The minimum atomic E-state index is -0.626. The summed E-state index contributed by atoms with van der Waals surface area (Å²) in [7, 11) is 0. The SMILES string of the molecule is CCC(C(=O)Nc1cccc(Cn2cccn2)c1)n1cc([N+](=O)[O-])cn1. The smallest absolute Gasteiger partial charge is 0.307 e. The molecule has 0 radical (unpaired) electrons. The van der Waals surface area contributed by atoms with Gasteiger partial charge in [0.25, 0.3) is 0 Å². The number of carbonyl (C=O) groups excluding carboxylic acids is 1. The Morgan fingerprint density at radius 1 is 1.35 bits per heavy atom. The van der Waals surface area contributed by atoms with Gasteiger partial charge in [0.1, 0.15) is 18.4 Å². The second kappa shape index (κ2) is 7.60. The van der Waals surface area contributed by atoms with Crippen LogP contribution < -0.4 is 5.32 Å². The Morgan fingerprint density at radius 2 is 2.19 bits per heavy atom. The van der Waals surface area contributed by atoms with Gasteiger partial charge in [0.2, 0.25) is 5.91 Å². The standard InChI is InChI=1S/C17H18N6O3/c1-2-16(22-12-15(10-19-22)23(25)26)17(24)20-14-6-3-5-13(9-14)11-21-8-4-7-18-21/h3-10,12,16H,2,11H2,1H3,(H,20,24). The lowest BCUT2D eigenvalue weighted by Gasteiger charge is -2.15. The van der Waals surface area contributed by atoms with Crippen LogP contribution in [-0.2, 0) is 11.3 Å². The molecule has 3 rings (SSSR count). The molecule has 2 aromatic heterocycles. The molecule has 0 spiro atoms. The van der Waals surface area contributed by atoms with Crippen molar-refractivity contribution in [2.45, 2.75) is 25.9 Å². The van der Waals surface area contributed by atoms with Gasteiger partial charge in [-0.05, 0) is 30.2 Å². The molecule has 1 amide bonds. The second-order valence-corrected chi connectivity index (χ2v) is 5.75. The van der Waals surface area contributed by atoms with E-state index in [1.807, 2.05) is 37.4 Å². The summed E-state index contributed by atoms with van der Waals surface area (Å²) in [5.41, 5.74) is 1.51. The number of benzene rings is 1. The van der Waals surface area contributed by atoms with Crippen LogP contribution in [0.2, 0.25) is 0 Å². The number of hydrogen-bond donors (Lipinski definition) is 1. The van der Waals surface area contributed by atoms with Crippen LogP contribution in [-0.4, -0.2) is 30.4 Å². The Morgan fingerprint density at radius 3 is 2.85 bits per heavy atom. The highest BCUT2D eigenvalue weighted by molar-refractivity contribution is 5.93. The van der Waals surface area contributed by atoms with Crippen LogP contribution in [0.5, 0.6) is 0 Å². The summed E-state index contributed by atoms with van der Waals surface area (Å²) in [4.78, 5) is 22.9. The van der Waals surface area contributed by atoms with E-state index in [0.717, 1.165) is 11.8 Å². The number of rotatable bonds is 7. The molecule has 0 saturated carbocycles. The molecular weight excluding hydrogens is 336 g/mol. The minimum Gasteiger partial charge on any atom is -0.324 e. The first-order valence-corrected chi connectivity index (χ1v) is 8.12. The van der Waals surface area contributed by atoms with E-state index in [-0.39, 0.29) is 11.6 Å². The van der Waals surface area contributed by atoms with Crippen LogP contribution in [0.3, 0.4) is 0 Å². The highest BCUT2D eigenvalue weighted by Gasteiger charge is 2.22. The Bertz CT molecular complexity index is 903. The summed E-state index contributed by atoms with van der Waals surface area (Å²) in [6, 6.07) is 8.69. The third-order valence-corrected chi connectivity index (χ3v) is 3.91. The average Bonchev–Trinajstić information content (AvgIpc) is 3.28. The third-order valence-electron chi connectivity index (χ3n) is 3.91. The van der Waals surface area contributed by atoms with Crippen molar-refractivity contribution in [3.63, 3.8) is 0 Å². The van der Waals surface area contributed by atoms with Crippen LogP contribution in [0.15, 0.2) is 55.1 Å². The molecule has 26 heavy (non-hydrogen) atoms. The number of nitrogens with zero attached hydrogens (tertiary/aromatic N) is 5. The zero-order valence-corrected chi connectivity index (χ0v) is 14.1. The van der Waals surface area contributed by atoms with Gasteiger partial charge in [-0.25, -0.2) is 0 Å². The largest absolute Gasteiger partial charge is 0.324 e. The van der Waals surface area contributed by atoms with Crippen molar-refractivity contribution in [3.8, 4) is 0 Å². The van der Waals surface area contributed by atoms with Crippen LogP contribution in [0.1, 0.15) is 24.9 Å². The van der Waals surface area contributed by atoms with Gasteiger partial charge in [-0.15, -0.1) is 0 Å². The molecule has 3 aromatic rings. The molecule has 0 aliphatic rings. The molecule has 2 heterocycles. The molecule has 1 atom stereocenters. The zero-order chi connectivity index (χ0) is 18.5. The third kappa shape index (κ3) is 3.94. The van der Waals surface area contributed by atoms with Crippen LogP contribution in [0.4, 0.5) is 11.4 Å². The number of hydrogen-bond acceptors (Lipinski definition) is 5. The first-order chi connectivity index (χ1) is 12.6. The van der Waals surface area contributed by atoms with Crippen molar-refractivity contribution in [3.05, 3.63) is 70.8 Å². The summed E-state index contributed by atoms with van der Waals surface area (Å²) in [6.07, 6.45) is 6.43. The van der Waals surface area contributed by atoms with Crippen molar-refractivity contribution in [2.75, 3.05) is 5.32 Å². The monoisotopic (exact) mass is 354 g/mol. The second-order valence-electron chi connectivity index (χ2n) is 5.75. The Labute approximate surface area is 149 Å². The van der Waals surface area contributed by atoms with Crippen molar-refractivity contribution in [1.29, 1.82) is 0 Å². The topological polar surface area (TPSA) is 108 Å². The molecule has 0 bridgehead atoms. The fraction of sp³-hybridized carbons (Fsp3) is 0.235. The predicted molar refractivity (Wildman–Crippen MR) is 94.6 cm³/mol. The molecule has 134 valence electrons. The van der Waals surface area contributed by atoms with Gasteiger partial charge >= 0.3 is 5.69 Å². The maximum absolute atomic E-state index is 12.6. The van der Waals surface area contributed by atoms with E-state index in [4.69, 9.17) is 0 Å². The average molecular weight is 354 g/mol. The molecule has 0 fully saturated rings. The zero-order valence-electron chi connectivity index (χ0n) is 14.1. The lowest BCUT2D eigenvalue weighted by molar-refractivity contribution is -0.385. The lowest BCUT2D eigenvalue weighted by Crippen LogP contribution is -2.26. The van der Waals surface area contributed by atoms with E-state index in [9.17, 15) is 14.9 Å². The van der Waals surface area contributed by atoms with Crippen LogP contribution >= 0.6 is 0 Å². The van der Waals surface area contributed by atoms with Crippen LogP contribution in [0, 0.1) is 10.1 Å². The lowest BCUT2D eigenvalue weighted by atomic mass is 10.1. The minimum absolute atomic E-state index is 0.141. The van der Waals surface area contributed by atoms with Gasteiger partial charge in [0, 0.05) is 18.1 Å². The highest BCUT2D eigenvalue weighted by Crippen LogP contribution is 2.19. The van der Waals surface area contributed by atoms with Gasteiger partial charge in [-0.1, -0.05) is 19.1 Å². The Kier molecular flexibility index (Phi) is 5.07. The van der Waals surface area contributed by atoms with E-state index in [1.165, 1.54) is 10.9 Å². The maximum atomic E-state index is 12.6. The summed E-state index contributed by atoms with van der Waals surface area (Å²) in [6.45, 7) is 2.42. The summed E-state index contributed by atoms with van der Waals surface area (Å²) >= 11 is 0. The van der Waals surface area contributed by atoms with E-state index in [1.54, 1.807) is 16.9 Å². The van der Waals surface area contributed by atoms with E-state index < -0.39 is 11.0 Å². The van der Waals surface area contributed by atoms with Crippen molar-refractivity contribution in [2.24, 2.45) is 0 Å². The van der Waals surface area contributed by atoms with Crippen molar-refractivity contribution < 1.29 is 9.72 Å². The summed E-state index contributed by atoms with van der Waals surface area (Å²) in [5, 5.41) is 21.8. The molecule has 0 aliphatic carbocycles. The number of nitrogens with one attached hydrogen (secondary N) is 1. The van der Waals surface area contributed by atoms with E-state index in [2.05, 4.69) is 15.5 Å². The number of nitro groups is 1. The number of amides is 1. The summed E-state index contributed by atoms with van der Waals surface area (Å²) < 4.78 is 3.11. The maximum Gasteiger partial charge on any atom is 0.307 e. The molecule has 1 N–H and O–H groups in total. The fourth-order valence-corrected chi connectivity index (χ4v) is 2.64. The Balaban J connectivity index is 1.72. The quantitative estimate of drug-likeness (QED) is 0.518. The number of aromatic nitrogens is 4. The number of anilines is 1. The van der Waals surface area contributed by atoms with E-state index in [0.29, 0.717) is 18.7 Å². The molecule has 1 aromatic carbocycles. The van der Waals surface area contributed by atoms with Crippen LogP contribution in [0.25, 0.3) is 0 Å². The molecule has 0 saturated heterocycles. The van der Waals surface area contributed by atoms with Crippen molar-refractivity contribution >= 4 is 17.3 Å². The normalized spacial score (nSPS) is 11.9. The van der Waals surface area contributed by atoms with Gasteiger partial charge < -0.3 is 5.32 Å². The Hall–Kier alpha value is -3.49. The van der Waals surface area contributed by atoms with Gasteiger partial charge in [0.05, 0.1) is 11.5 Å². The van der Waals surface area contributed by atoms with Crippen molar-refractivity contribution in [1.82, 2.24) is 19.6 Å². The van der Waals surface area contributed by atoms with E-state index >= 15 is 0 Å². The van der Waals surface area contributed by atoms with Gasteiger partial charge in [-0.3, -0.25) is 24.3 Å². The first-order valence-electron chi connectivity index (χ1n) is 8.12. The summed E-state index contributed by atoms with van der Waals surface area (Å²) in [5.74, 6) is -0.276. The predicted octanol–water partition coefficient (Wildman–Crippen LogP) is 2.63. The first kappa shape index (κ1) is 17.3. The number of carbonyl (C=O) groups is 1. The highest BCUT2D eigenvalue weighted by atomic mass is 16.6. The molecular formula is C17H18N6O3. The molecule has 9 heteroatoms. The molecule has 1 unspecified atom stereocenters. The molecule has 9 nitrogen and oxygen atoms in total. The fourth-order valence-electron chi connectivity index (χ4n) is 2.64. The molecule has 0 aliphatic heterocycles.